The number of amides is 1. The second-order valence-electron chi connectivity index (χ2n) is 6.41. The average Bonchev–Trinajstić information content (AvgIpc) is 2.99. The molecule has 1 amide bonds. The van der Waals surface area contributed by atoms with Gasteiger partial charge in [0.05, 0.1) is 19.9 Å². The Morgan fingerprint density at radius 1 is 1.12 bits per heavy atom. The summed E-state index contributed by atoms with van der Waals surface area (Å²) in [6.45, 7) is 7.59. The zero-order valence-corrected chi connectivity index (χ0v) is 15.7. The Kier molecular flexibility index (Phi) is 5.46. The number of carbonyl (C=O) groups is 1. The molecule has 1 fully saturated rings. The molecule has 0 aliphatic carbocycles. The van der Waals surface area contributed by atoms with Gasteiger partial charge in [-0.1, -0.05) is 11.2 Å². The first kappa shape index (κ1) is 18.3. The molecule has 1 aromatic heterocycles. The summed E-state index contributed by atoms with van der Waals surface area (Å²) < 4.78 is 16.0. The third-order valence-electron chi connectivity index (χ3n) is 4.86. The Morgan fingerprint density at radius 3 is 2.23 bits per heavy atom. The van der Waals surface area contributed by atoms with Crippen molar-refractivity contribution in [2.75, 3.05) is 40.4 Å². The maximum atomic E-state index is 13.0. The standard InChI is InChI=1S/C19H25N3O4/c1-13-15(14(2)26-20-13)12-21-8-10-22(11-9-21)19(23)18-16(24-3)6-5-7-17(18)25-4/h5-7H,8-12H2,1-4H3. The summed E-state index contributed by atoms with van der Waals surface area (Å²) >= 11 is 0. The number of aromatic nitrogens is 1. The minimum absolute atomic E-state index is 0.0590. The number of aryl methyl sites for hydroxylation is 2. The third-order valence-corrected chi connectivity index (χ3v) is 4.86. The zero-order valence-electron chi connectivity index (χ0n) is 15.7. The first-order valence-electron chi connectivity index (χ1n) is 8.69. The van der Waals surface area contributed by atoms with E-state index in [2.05, 4.69) is 10.1 Å². The van der Waals surface area contributed by atoms with Crippen molar-refractivity contribution in [2.45, 2.75) is 20.4 Å². The summed E-state index contributed by atoms with van der Waals surface area (Å²) in [5, 5.41) is 4.01. The molecule has 26 heavy (non-hydrogen) atoms. The molecular formula is C19H25N3O4. The Morgan fingerprint density at radius 2 is 1.73 bits per heavy atom. The molecule has 1 aliphatic rings. The van der Waals surface area contributed by atoms with E-state index in [-0.39, 0.29) is 5.91 Å². The lowest BCUT2D eigenvalue weighted by Crippen LogP contribution is -2.48. The minimum Gasteiger partial charge on any atom is -0.496 e. The van der Waals surface area contributed by atoms with E-state index in [9.17, 15) is 4.79 Å². The highest BCUT2D eigenvalue weighted by molar-refractivity contribution is 5.99. The molecule has 1 saturated heterocycles. The van der Waals surface area contributed by atoms with Crippen LogP contribution in [0.1, 0.15) is 27.4 Å². The molecule has 0 bridgehead atoms. The van der Waals surface area contributed by atoms with Crippen LogP contribution in [-0.4, -0.2) is 61.3 Å². The molecule has 0 N–H and O–H groups in total. The van der Waals surface area contributed by atoms with Gasteiger partial charge in [-0.05, 0) is 26.0 Å². The number of nitrogens with zero attached hydrogens (tertiary/aromatic N) is 3. The lowest BCUT2D eigenvalue weighted by atomic mass is 10.1. The first-order valence-corrected chi connectivity index (χ1v) is 8.69. The zero-order chi connectivity index (χ0) is 18.7. The summed E-state index contributed by atoms with van der Waals surface area (Å²) in [4.78, 5) is 17.2. The monoisotopic (exact) mass is 359 g/mol. The first-order chi connectivity index (χ1) is 12.5. The van der Waals surface area contributed by atoms with E-state index >= 15 is 0 Å². The van der Waals surface area contributed by atoms with Gasteiger partial charge in [-0.15, -0.1) is 0 Å². The van der Waals surface area contributed by atoms with Gasteiger partial charge in [0.1, 0.15) is 22.8 Å². The van der Waals surface area contributed by atoms with Crippen molar-refractivity contribution >= 4 is 5.91 Å². The van der Waals surface area contributed by atoms with Crippen molar-refractivity contribution in [3.63, 3.8) is 0 Å². The van der Waals surface area contributed by atoms with Crippen molar-refractivity contribution in [2.24, 2.45) is 0 Å². The topological polar surface area (TPSA) is 68.0 Å². The Labute approximate surface area is 153 Å². The van der Waals surface area contributed by atoms with Crippen LogP contribution < -0.4 is 9.47 Å². The molecule has 140 valence electrons. The molecule has 0 saturated carbocycles. The summed E-state index contributed by atoms with van der Waals surface area (Å²) in [5.74, 6) is 1.87. The van der Waals surface area contributed by atoms with Crippen molar-refractivity contribution in [3.05, 3.63) is 40.8 Å². The van der Waals surface area contributed by atoms with Crippen molar-refractivity contribution in [1.82, 2.24) is 15.0 Å². The normalized spacial score (nSPS) is 15.2. The highest BCUT2D eigenvalue weighted by Gasteiger charge is 2.27. The van der Waals surface area contributed by atoms with Crippen LogP contribution in [0.4, 0.5) is 0 Å². The van der Waals surface area contributed by atoms with Gasteiger partial charge in [0, 0.05) is 38.3 Å². The SMILES string of the molecule is COc1cccc(OC)c1C(=O)N1CCN(Cc2c(C)noc2C)CC1. The van der Waals surface area contributed by atoms with Crippen LogP contribution in [0.15, 0.2) is 22.7 Å². The molecular weight excluding hydrogens is 334 g/mol. The van der Waals surface area contributed by atoms with Crippen LogP contribution in [-0.2, 0) is 6.54 Å². The maximum Gasteiger partial charge on any atom is 0.261 e. The highest BCUT2D eigenvalue weighted by Crippen LogP contribution is 2.30. The van der Waals surface area contributed by atoms with Gasteiger partial charge in [0.15, 0.2) is 0 Å². The van der Waals surface area contributed by atoms with Gasteiger partial charge in [-0.25, -0.2) is 0 Å². The number of hydrogen-bond acceptors (Lipinski definition) is 6. The molecule has 7 nitrogen and oxygen atoms in total. The Hall–Kier alpha value is -2.54. The van der Waals surface area contributed by atoms with E-state index < -0.39 is 0 Å². The molecule has 7 heteroatoms. The summed E-state index contributed by atoms with van der Waals surface area (Å²) in [6, 6.07) is 5.38. The smallest absolute Gasteiger partial charge is 0.261 e. The van der Waals surface area contributed by atoms with Gasteiger partial charge < -0.3 is 18.9 Å². The third kappa shape index (κ3) is 3.53. The number of piperazine rings is 1. The number of rotatable bonds is 5. The van der Waals surface area contributed by atoms with Crippen LogP contribution >= 0.6 is 0 Å². The average molecular weight is 359 g/mol. The summed E-state index contributed by atoms with van der Waals surface area (Å²) in [5.41, 5.74) is 2.55. The van der Waals surface area contributed by atoms with Crippen LogP contribution in [0.2, 0.25) is 0 Å². The van der Waals surface area contributed by atoms with Crippen LogP contribution in [0.3, 0.4) is 0 Å². The van der Waals surface area contributed by atoms with Gasteiger partial charge in [-0.3, -0.25) is 9.69 Å². The number of ether oxygens (including phenoxy) is 2. The molecule has 0 spiro atoms. The lowest BCUT2D eigenvalue weighted by Gasteiger charge is -2.35. The van der Waals surface area contributed by atoms with Crippen molar-refractivity contribution in [3.8, 4) is 11.5 Å². The van der Waals surface area contributed by atoms with Gasteiger partial charge in [0.2, 0.25) is 0 Å². The van der Waals surface area contributed by atoms with E-state index in [1.54, 1.807) is 26.4 Å². The van der Waals surface area contributed by atoms with E-state index in [4.69, 9.17) is 14.0 Å². The highest BCUT2D eigenvalue weighted by atomic mass is 16.5. The van der Waals surface area contributed by atoms with E-state index in [0.717, 1.165) is 36.7 Å². The largest absolute Gasteiger partial charge is 0.496 e. The molecule has 3 rings (SSSR count). The predicted octanol–water partition coefficient (Wildman–Crippen LogP) is 2.27. The molecule has 0 unspecified atom stereocenters. The summed E-state index contributed by atoms with van der Waals surface area (Å²) in [6.07, 6.45) is 0. The fraction of sp³-hybridized carbons (Fsp3) is 0.474. The van der Waals surface area contributed by atoms with Crippen LogP contribution in [0, 0.1) is 13.8 Å². The van der Waals surface area contributed by atoms with Gasteiger partial charge in [-0.2, -0.15) is 0 Å². The van der Waals surface area contributed by atoms with Gasteiger partial charge >= 0.3 is 0 Å². The van der Waals surface area contributed by atoms with Gasteiger partial charge in [0.25, 0.3) is 5.91 Å². The molecule has 2 heterocycles. The van der Waals surface area contributed by atoms with E-state index in [0.29, 0.717) is 30.2 Å². The number of benzene rings is 1. The fourth-order valence-electron chi connectivity index (χ4n) is 3.28. The van der Waals surface area contributed by atoms with E-state index in [1.165, 1.54) is 0 Å². The Bertz CT molecular complexity index is 737. The molecule has 0 radical (unpaired) electrons. The molecule has 1 aromatic carbocycles. The predicted molar refractivity (Wildman–Crippen MR) is 96.7 cm³/mol. The quantitative estimate of drug-likeness (QED) is 0.816. The lowest BCUT2D eigenvalue weighted by molar-refractivity contribution is 0.0621. The van der Waals surface area contributed by atoms with Crippen molar-refractivity contribution < 1.29 is 18.8 Å². The summed E-state index contributed by atoms with van der Waals surface area (Å²) in [7, 11) is 3.13. The number of hydrogen-bond donors (Lipinski definition) is 0. The molecule has 2 aromatic rings. The van der Waals surface area contributed by atoms with Crippen molar-refractivity contribution in [1.29, 1.82) is 0 Å². The minimum atomic E-state index is -0.0590. The number of methoxy groups -OCH3 is 2. The van der Waals surface area contributed by atoms with E-state index in [1.807, 2.05) is 24.8 Å². The van der Waals surface area contributed by atoms with Crippen LogP contribution in [0.25, 0.3) is 0 Å². The molecule has 0 atom stereocenters. The fourth-order valence-corrected chi connectivity index (χ4v) is 3.28. The second-order valence-corrected chi connectivity index (χ2v) is 6.41. The Balaban J connectivity index is 1.68. The molecule has 1 aliphatic heterocycles. The second kappa shape index (κ2) is 7.78. The maximum absolute atomic E-state index is 13.0. The number of carbonyl (C=O) groups excluding carboxylic acids is 1. The van der Waals surface area contributed by atoms with Crippen LogP contribution in [0.5, 0.6) is 11.5 Å².